The summed E-state index contributed by atoms with van der Waals surface area (Å²) in [5.41, 5.74) is 3.46. The fourth-order valence-electron chi connectivity index (χ4n) is 2.64. The quantitative estimate of drug-likeness (QED) is 0.517. The zero-order valence-electron chi connectivity index (χ0n) is 20.5. The monoisotopic (exact) mass is 532 g/mol. The van der Waals surface area contributed by atoms with Gasteiger partial charge in [-0.25, -0.2) is 13.6 Å². The highest BCUT2D eigenvalue weighted by Gasteiger charge is 2.33. The standard InChI is InChI=1S/C23H30F2N4O4S.ClH/c1-13(2)23(6,26)20(32)33-12-29-7-8-34-21(29)28-19(31)14-9-15(24)18(16(25)10-14)27-17(30)11-22(3,4)5;/h7-10,13H,11-12,26H2,1-6H3,(H,27,30);1H/b28-21-;. The van der Waals surface area contributed by atoms with Crippen LogP contribution in [0.2, 0.25) is 0 Å². The number of benzene rings is 1. The molecule has 0 spiro atoms. The maximum atomic E-state index is 14.5. The second kappa shape index (κ2) is 11.9. The molecule has 8 nitrogen and oxygen atoms in total. The van der Waals surface area contributed by atoms with Gasteiger partial charge in [0, 0.05) is 23.6 Å². The van der Waals surface area contributed by atoms with Crippen LogP contribution in [0.5, 0.6) is 0 Å². The number of hydrogen-bond donors (Lipinski definition) is 2. The van der Waals surface area contributed by atoms with Gasteiger partial charge in [-0.1, -0.05) is 34.6 Å². The van der Waals surface area contributed by atoms with Crippen molar-refractivity contribution < 1.29 is 27.9 Å². The lowest BCUT2D eigenvalue weighted by molar-refractivity contribution is -0.155. The molecule has 194 valence electrons. The number of rotatable bonds is 7. The third-order valence-electron chi connectivity index (χ3n) is 5.08. The lowest BCUT2D eigenvalue weighted by Gasteiger charge is -2.26. The first-order valence-electron chi connectivity index (χ1n) is 10.6. The summed E-state index contributed by atoms with van der Waals surface area (Å²) >= 11 is 1.07. The Morgan fingerprint density at radius 1 is 1.17 bits per heavy atom. The predicted octanol–water partition coefficient (Wildman–Crippen LogP) is 4.24. The van der Waals surface area contributed by atoms with Crippen LogP contribution in [0.3, 0.4) is 0 Å². The number of nitrogens with two attached hydrogens (primary N) is 1. The van der Waals surface area contributed by atoms with Crippen LogP contribution in [-0.2, 0) is 21.1 Å². The van der Waals surface area contributed by atoms with Gasteiger partial charge in [-0.05, 0) is 30.4 Å². The fourth-order valence-corrected chi connectivity index (χ4v) is 3.35. The van der Waals surface area contributed by atoms with E-state index in [1.807, 2.05) is 20.8 Å². The highest BCUT2D eigenvalue weighted by molar-refractivity contribution is 7.07. The largest absolute Gasteiger partial charge is 0.442 e. The zero-order chi connectivity index (χ0) is 25.8. The Morgan fingerprint density at radius 2 is 1.74 bits per heavy atom. The number of nitrogens with zero attached hydrogens (tertiary/aromatic N) is 2. The van der Waals surface area contributed by atoms with Gasteiger partial charge in [0.25, 0.3) is 5.91 Å². The molecule has 0 aliphatic rings. The molecular weight excluding hydrogens is 502 g/mol. The highest BCUT2D eigenvalue weighted by Crippen LogP contribution is 2.24. The van der Waals surface area contributed by atoms with Crippen molar-refractivity contribution in [2.45, 2.75) is 60.2 Å². The summed E-state index contributed by atoms with van der Waals surface area (Å²) in [5, 5.41) is 3.82. The molecule has 0 aliphatic carbocycles. The van der Waals surface area contributed by atoms with Crippen molar-refractivity contribution in [3.63, 3.8) is 0 Å². The smallest absolute Gasteiger partial charge is 0.327 e. The third kappa shape index (κ3) is 8.22. The summed E-state index contributed by atoms with van der Waals surface area (Å²) in [6.45, 7) is 10.4. The highest BCUT2D eigenvalue weighted by atomic mass is 35.5. The van der Waals surface area contributed by atoms with Crippen LogP contribution in [0.15, 0.2) is 28.7 Å². The Kier molecular flexibility index (Phi) is 10.3. The van der Waals surface area contributed by atoms with Crippen molar-refractivity contribution >= 4 is 47.2 Å². The van der Waals surface area contributed by atoms with E-state index in [4.69, 9.17) is 10.5 Å². The van der Waals surface area contributed by atoms with Crippen molar-refractivity contribution in [2.75, 3.05) is 5.32 Å². The minimum absolute atomic E-state index is 0. The van der Waals surface area contributed by atoms with E-state index in [9.17, 15) is 23.2 Å². The van der Waals surface area contributed by atoms with Gasteiger partial charge in [0.15, 0.2) is 23.2 Å². The SMILES string of the molecule is CC(C)C(C)(N)C(=O)OCn1ccs/c1=N\C(=O)c1cc(F)c(NC(=O)CC(C)(C)C)c(F)c1.Cl. The maximum absolute atomic E-state index is 14.5. The van der Waals surface area contributed by atoms with E-state index in [2.05, 4.69) is 10.3 Å². The third-order valence-corrected chi connectivity index (χ3v) is 5.87. The summed E-state index contributed by atoms with van der Waals surface area (Å²) in [6, 6.07) is 1.62. The first-order valence-corrected chi connectivity index (χ1v) is 11.5. The number of nitrogens with one attached hydrogen (secondary N) is 1. The Bertz CT molecular complexity index is 1130. The average Bonchev–Trinajstić information content (AvgIpc) is 3.13. The van der Waals surface area contributed by atoms with Crippen LogP contribution in [0.25, 0.3) is 0 Å². The molecule has 1 aromatic carbocycles. The van der Waals surface area contributed by atoms with E-state index >= 15 is 0 Å². The number of ether oxygens (including phenoxy) is 1. The van der Waals surface area contributed by atoms with E-state index in [1.165, 1.54) is 4.57 Å². The molecule has 1 aromatic heterocycles. The Balaban J connectivity index is 0.00000612. The maximum Gasteiger partial charge on any atom is 0.327 e. The summed E-state index contributed by atoms with van der Waals surface area (Å²) in [5.74, 6) is -4.42. The first kappa shape index (κ1) is 30.4. The average molecular weight is 533 g/mol. The topological polar surface area (TPSA) is 116 Å². The second-order valence-corrected chi connectivity index (χ2v) is 10.5. The van der Waals surface area contributed by atoms with E-state index < -0.39 is 40.6 Å². The number of aromatic nitrogens is 1. The Morgan fingerprint density at radius 3 is 2.26 bits per heavy atom. The predicted molar refractivity (Wildman–Crippen MR) is 132 cm³/mol. The molecule has 3 N–H and O–H groups in total. The van der Waals surface area contributed by atoms with E-state index in [0.29, 0.717) is 0 Å². The summed E-state index contributed by atoms with van der Waals surface area (Å²) in [6.07, 6.45) is 1.60. The van der Waals surface area contributed by atoms with Crippen molar-refractivity contribution in [3.05, 3.63) is 45.7 Å². The molecule has 0 aliphatic heterocycles. The zero-order valence-corrected chi connectivity index (χ0v) is 22.1. The van der Waals surface area contributed by atoms with E-state index in [0.717, 1.165) is 23.5 Å². The summed E-state index contributed by atoms with van der Waals surface area (Å²) in [4.78, 5) is 40.9. The van der Waals surface area contributed by atoms with E-state index in [-0.39, 0.29) is 47.3 Å². The summed E-state index contributed by atoms with van der Waals surface area (Å²) in [7, 11) is 0. The van der Waals surface area contributed by atoms with Crippen LogP contribution < -0.4 is 15.9 Å². The van der Waals surface area contributed by atoms with Crippen molar-refractivity contribution in [2.24, 2.45) is 22.1 Å². The van der Waals surface area contributed by atoms with Gasteiger partial charge in [0.05, 0.1) is 0 Å². The molecule has 35 heavy (non-hydrogen) atoms. The van der Waals surface area contributed by atoms with Crippen LogP contribution in [-0.4, -0.2) is 27.9 Å². The van der Waals surface area contributed by atoms with Gasteiger partial charge in [0.1, 0.15) is 11.2 Å². The van der Waals surface area contributed by atoms with Crippen molar-refractivity contribution in [1.29, 1.82) is 0 Å². The van der Waals surface area contributed by atoms with Crippen LogP contribution in [0.4, 0.5) is 14.5 Å². The molecule has 2 rings (SSSR count). The van der Waals surface area contributed by atoms with Gasteiger partial charge in [0.2, 0.25) is 5.91 Å². The second-order valence-electron chi connectivity index (χ2n) is 9.67. The number of anilines is 1. The minimum Gasteiger partial charge on any atom is -0.442 e. The van der Waals surface area contributed by atoms with Gasteiger partial charge < -0.3 is 15.8 Å². The number of hydrogen-bond acceptors (Lipinski definition) is 6. The number of thiazole rings is 1. The Labute approximate surface area is 213 Å². The number of carbonyl (C=O) groups is 3. The number of esters is 1. The molecule has 1 unspecified atom stereocenters. The normalized spacial score (nSPS) is 13.7. The molecule has 2 aromatic rings. The molecular formula is C23H31ClF2N4O4S. The molecule has 1 atom stereocenters. The molecule has 2 amide bonds. The lowest BCUT2D eigenvalue weighted by Crippen LogP contribution is -2.50. The molecule has 0 radical (unpaired) electrons. The Hall–Kier alpha value is -2.63. The van der Waals surface area contributed by atoms with Crippen LogP contribution in [0.1, 0.15) is 58.3 Å². The fraction of sp³-hybridized carbons (Fsp3) is 0.478. The molecule has 12 heteroatoms. The molecule has 0 bridgehead atoms. The number of carbonyl (C=O) groups excluding carboxylic acids is 3. The molecule has 0 saturated carbocycles. The van der Waals surface area contributed by atoms with Crippen LogP contribution in [0, 0.1) is 23.0 Å². The number of halogens is 3. The molecule has 1 heterocycles. The lowest BCUT2D eigenvalue weighted by atomic mass is 9.90. The summed E-state index contributed by atoms with van der Waals surface area (Å²) < 4.78 is 35.6. The molecule has 0 fully saturated rings. The van der Waals surface area contributed by atoms with Crippen molar-refractivity contribution in [3.8, 4) is 0 Å². The van der Waals surface area contributed by atoms with Gasteiger partial charge in [-0.2, -0.15) is 4.99 Å². The van der Waals surface area contributed by atoms with Crippen LogP contribution >= 0.6 is 23.7 Å². The van der Waals surface area contributed by atoms with Gasteiger partial charge in [-0.15, -0.1) is 23.7 Å². The van der Waals surface area contributed by atoms with Gasteiger partial charge >= 0.3 is 5.97 Å². The first-order chi connectivity index (χ1) is 15.6. The molecule has 0 saturated heterocycles. The van der Waals surface area contributed by atoms with E-state index in [1.54, 1.807) is 32.3 Å². The minimum atomic E-state index is -1.19. The van der Waals surface area contributed by atoms with Crippen molar-refractivity contribution in [1.82, 2.24) is 4.57 Å². The number of amides is 2. The van der Waals surface area contributed by atoms with Gasteiger partial charge in [-0.3, -0.25) is 14.2 Å².